The molecule has 1 aromatic carbocycles. The number of hydrogen-bond donors (Lipinski definition) is 1. The Morgan fingerprint density at radius 2 is 1.69 bits per heavy atom. The smallest absolute Gasteiger partial charge is 0.175 e. The van der Waals surface area contributed by atoms with Gasteiger partial charge < -0.3 is 5.73 Å². The maximum absolute atomic E-state index is 11.3. The first-order chi connectivity index (χ1) is 7.36. The Labute approximate surface area is 97.6 Å². The van der Waals surface area contributed by atoms with Crippen molar-refractivity contribution in [2.75, 3.05) is 12.8 Å². The molecule has 2 N–H and O–H groups in total. The molecule has 0 heterocycles. The SMILES string of the molecule is CC(CN)C(C)c1ccc(S(C)(=O)=O)cc1. The molecule has 4 heteroatoms. The van der Waals surface area contributed by atoms with E-state index in [2.05, 4.69) is 13.8 Å². The van der Waals surface area contributed by atoms with Gasteiger partial charge in [-0.25, -0.2) is 8.42 Å². The van der Waals surface area contributed by atoms with Crippen molar-refractivity contribution in [1.82, 2.24) is 0 Å². The van der Waals surface area contributed by atoms with Gasteiger partial charge in [0, 0.05) is 6.26 Å². The number of nitrogens with two attached hydrogens (primary N) is 1. The topological polar surface area (TPSA) is 60.2 Å². The Morgan fingerprint density at radius 3 is 2.06 bits per heavy atom. The summed E-state index contributed by atoms with van der Waals surface area (Å²) in [5, 5.41) is 0. The van der Waals surface area contributed by atoms with E-state index in [9.17, 15) is 8.42 Å². The van der Waals surface area contributed by atoms with Gasteiger partial charge in [-0.3, -0.25) is 0 Å². The van der Waals surface area contributed by atoms with Crippen LogP contribution in [0.4, 0.5) is 0 Å². The lowest BCUT2D eigenvalue weighted by molar-refractivity contribution is 0.499. The molecular formula is C12H19NO2S. The molecule has 0 aliphatic carbocycles. The van der Waals surface area contributed by atoms with Crippen molar-refractivity contribution >= 4 is 9.84 Å². The van der Waals surface area contributed by atoms with Crippen molar-refractivity contribution in [3.63, 3.8) is 0 Å². The highest BCUT2D eigenvalue weighted by Crippen LogP contribution is 2.24. The number of rotatable bonds is 4. The second kappa shape index (κ2) is 4.97. The van der Waals surface area contributed by atoms with E-state index < -0.39 is 9.84 Å². The molecule has 1 rings (SSSR count). The molecule has 0 aliphatic rings. The fraction of sp³-hybridized carbons (Fsp3) is 0.500. The lowest BCUT2D eigenvalue weighted by atomic mass is 9.89. The predicted molar refractivity (Wildman–Crippen MR) is 66.2 cm³/mol. The second-order valence-electron chi connectivity index (χ2n) is 4.34. The second-order valence-corrected chi connectivity index (χ2v) is 6.36. The molecule has 0 bridgehead atoms. The van der Waals surface area contributed by atoms with Crippen molar-refractivity contribution in [2.24, 2.45) is 11.7 Å². The third kappa shape index (κ3) is 3.06. The summed E-state index contributed by atoms with van der Waals surface area (Å²) in [5.74, 6) is 0.739. The van der Waals surface area contributed by atoms with E-state index in [0.717, 1.165) is 5.56 Å². The summed E-state index contributed by atoms with van der Waals surface area (Å²) < 4.78 is 22.6. The summed E-state index contributed by atoms with van der Waals surface area (Å²) in [4.78, 5) is 0.365. The van der Waals surface area contributed by atoms with Gasteiger partial charge in [-0.1, -0.05) is 26.0 Å². The number of benzene rings is 1. The summed E-state index contributed by atoms with van der Waals surface area (Å²) in [5.41, 5.74) is 6.74. The molecule has 2 atom stereocenters. The van der Waals surface area contributed by atoms with Gasteiger partial charge in [0.25, 0.3) is 0 Å². The van der Waals surface area contributed by atoms with Crippen LogP contribution in [0.15, 0.2) is 29.2 Å². The van der Waals surface area contributed by atoms with Crippen molar-refractivity contribution in [1.29, 1.82) is 0 Å². The highest BCUT2D eigenvalue weighted by atomic mass is 32.2. The van der Waals surface area contributed by atoms with Crippen LogP contribution in [0.5, 0.6) is 0 Å². The summed E-state index contributed by atoms with van der Waals surface area (Å²) >= 11 is 0. The lowest BCUT2D eigenvalue weighted by Gasteiger charge is -2.18. The zero-order chi connectivity index (χ0) is 12.3. The van der Waals surface area contributed by atoms with E-state index in [4.69, 9.17) is 5.73 Å². The van der Waals surface area contributed by atoms with E-state index in [0.29, 0.717) is 23.3 Å². The first-order valence-electron chi connectivity index (χ1n) is 5.36. The van der Waals surface area contributed by atoms with Crippen molar-refractivity contribution < 1.29 is 8.42 Å². The molecule has 0 saturated carbocycles. The highest BCUT2D eigenvalue weighted by molar-refractivity contribution is 7.90. The largest absolute Gasteiger partial charge is 0.330 e. The summed E-state index contributed by atoms with van der Waals surface area (Å²) in [6, 6.07) is 7.05. The van der Waals surface area contributed by atoms with Gasteiger partial charge in [-0.05, 0) is 36.1 Å². The maximum Gasteiger partial charge on any atom is 0.175 e. The average Bonchev–Trinajstić information content (AvgIpc) is 2.26. The van der Waals surface area contributed by atoms with Crippen LogP contribution >= 0.6 is 0 Å². The molecule has 16 heavy (non-hydrogen) atoms. The minimum absolute atomic E-state index is 0.346. The molecule has 0 radical (unpaired) electrons. The van der Waals surface area contributed by atoms with Crippen LogP contribution in [0, 0.1) is 5.92 Å². The van der Waals surface area contributed by atoms with Gasteiger partial charge in [0.15, 0.2) is 9.84 Å². The minimum Gasteiger partial charge on any atom is -0.330 e. The van der Waals surface area contributed by atoms with Gasteiger partial charge in [0.2, 0.25) is 0 Å². The van der Waals surface area contributed by atoms with Crippen molar-refractivity contribution in [3.8, 4) is 0 Å². The lowest BCUT2D eigenvalue weighted by Crippen LogP contribution is -2.17. The molecule has 90 valence electrons. The molecule has 0 amide bonds. The molecule has 3 nitrogen and oxygen atoms in total. The molecule has 0 aliphatic heterocycles. The van der Waals surface area contributed by atoms with Gasteiger partial charge in [-0.15, -0.1) is 0 Å². The van der Waals surface area contributed by atoms with E-state index >= 15 is 0 Å². The van der Waals surface area contributed by atoms with Gasteiger partial charge >= 0.3 is 0 Å². The Balaban J connectivity index is 2.96. The van der Waals surface area contributed by atoms with Gasteiger partial charge in [-0.2, -0.15) is 0 Å². The summed E-state index contributed by atoms with van der Waals surface area (Å²) in [7, 11) is -3.10. The minimum atomic E-state index is -3.10. The third-order valence-electron chi connectivity index (χ3n) is 3.06. The van der Waals surface area contributed by atoms with Crippen LogP contribution in [0.1, 0.15) is 25.3 Å². The predicted octanol–water partition coefficient (Wildman–Crippen LogP) is 1.79. The number of sulfone groups is 1. The van der Waals surface area contributed by atoms with Crippen LogP contribution < -0.4 is 5.73 Å². The first-order valence-corrected chi connectivity index (χ1v) is 7.25. The molecule has 0 spiro atoms. The van der Waals surface area contributed by atoms with Crippen LogP contribution in [-0.4, -0.2) is 21.2 Å². The highest BCUT2D eigenvalue weighted by Gasteiger charge is 2.14. The average molecular weight is 241 g/mol. The zero-order valence-corrected chi connectivity index (χ0v) is 10.8. The van der Waals surface area contributed by atoms with Crippen LogP contribution in [0.3, 0.4) is 0 Å². The first kappa shape index (κ1) is 13.2. The standard InChI is InChI=1S/C12H19NO2S/c1-9(8-13)10(2)11-4-6-12(7-5-11)16(3,14)15/h4-7,9-10H,8,13H2,1-3H3. The van der Waals surface area contributed by atoms with E-state index in [-0.39, 0.29) is 0 Å². The normalized spacial score (nSPS) is 15.8. The molecule has 2 unspecified atom stereocenters. The van der Waals surface area contributed by atoms with E-state index in [1.807, 2.05) is 12.1 Å². The van der Waals surface area contributed by atoms with Crippen LogP contribution in [-0.2, 0) is 9.84 Å². The van der Waals surface area contributed by atoms with Crippen molar-refractivity contribution in [3.05, 3.63) is 29.8 Å². The maximum atomic E-state index is 11.3. The van der Waals surface area contributed by atoms with Crippen LogP contribution in [0.2, 0.25) is 0 Å². The van der Waals surface area contributed by atoms with E-state index in [1.165, 1.54) is 6.26 Å². The molecular weight excluding hydrogens is 222 g/mol. The van der Waals surface area contributed by atoms with Crippen LogP contribution in [0.25, 0.3) is 0 Å². The Morgan fingerprint density at radius 1 is 1.19 bits per heavy atom. The summed E-state index contributed by atoms with van der Waals surface area (Å²) in [6.07, 6.45) is 1.22. The Kier molecular flexibility index (Phi) is 4.10. The fourth-order valence-corrected chi connectivity index (χ4v) is 2.18. The zero-order valence-electron chi connectivity index (χ0n) is 9.97. The monoisotopic (exact) mass is 241 g/mol. The van der Waals surface area contributed by atoms with E-state index in [1.54, 1.807) is 12.1 Å². The molecule has 0 fully saturated rings. The summed E-state index contributed by atoms with van der Waals surface area (Å²) in [6.45, 7) is 4.83. The Bertz CT molecular complexity index is 437. The number of hydrogen-bond acceptors (Lipinski definition) is 3. The molecule has 0 saturated heterocycles. The van der Waals surface area contributed by atoms with Gasteiger partial charge in [0.05, 0.1) is 4.90 Å². The Hall–Kier alpha value is -0.870. The quantitative estimate of drug-likeness (QED) is 0.874. The molecule has 1 aromatic rings. The fourth-order valence-electron chi connectivity index (χ4n) is 1.55. The third-order valence-corrected chi connectivity index (χ3v) is 4.19. The van der Waals surface area contributed by atoms with Gasteiger partial charge in [0.1, 0.15) is 0 Å². The molecule has 0 aromatic heterocycles. The van der Waals surface area contributed by atoms with Crippen molar-refractivity contribution in [2.45, 2.75) is 24.7 Å².